The first-order valence-electron chi connectivity index (χ1n) is 6.65. The molecule has 0 spiro atoms. The minimum absolute atomic E-state index is 0.128. The van der Waals surface area contributed by atoms with Crippen molar-refractivity contribution in [3.8, 4) is 5.75 Å². The second-order valence-corrected chi connectivity index (χ2v) is 5.20. The molecule has 0 bridgehead atoms. The van der Waals surface area contributed by atoms with Crippen LogP contribution in [0.2, 0.25) is 0 Å². The fraction of sp³-hybridized carbons (Fsp3) is 0.375. The van der Waals surface area contributed by atoms with Crippen molar-refractivity contribution in [1.29, 1.82) is 0 Å². The second-order valence-electron chi connectivity index (χ2n) is 5.20. The Morgan fingerprint density at radius 3 is 2.45 bits per heavy atom. The van der Waals surface area contributed by atoms with Gasteiger partial charge in [0, 0.05) is 12.1 Å². The maximum Gasteiger partial charge on any atom is 0.123 e. The largest absolute Gasteiger partial charge is 0.496 e. The number of hydrogen-bond donors (Lipinski definition) is 3. The first-order chi connectivity index (χ1) is 9.63. The number of aliphatic hydroxyl groups excluding tert-OH is 2. The highest BCUT2D eigenvalue weighted by Gasteiger charge is 2.22. The zero-order valence-corrected chi connectivity index (χ0v) is 11.9. The Labute approximate surface area is 119 Å². The molecular weight excluding hydrogens is 254 g/mol. The van der Waals surface area contributed by atoms with Crippen molar-refractivity contribution >= 4 is 10.8 Å². The van der Waals surface area contributed by atoms with E-state index in [9.17, 15) is 10.2 Å². The minimum Gasteiger partial charge on any atom is -0.496 e. The summed E-state index contributed by atoms with van der Waals surface area (Å²) in [6.07, 6.45) is 0. The third-order valence-electron chi connectivity index (χ3n) is 3.61. The van der Waals surface area contributed by atoms with E-state index in [-0.39, 0.29) is 13.2 Å². The summed E-state index contributed by atoms with van der Waals surface area (Å²) in [5.41, 5.74) is 0.320. The second kappa shape index (κ2) is 6.22. The Hall–Kier alpha value is -1.62. The monoisotopic (exact) mass is 275 g/mol. The van der Waals surface area contributed by atoms with Crippen molar-refractivity contribution < 1.29 is 14.9 Å². The molecule has 2 aromatic rings. The summed E-state index contributed by atoms with van der Waals surface area (Å²) in [7, 11) is 1.64. The van der Waals surface area contributed by atoms with Crippen LogP contribution in [0, 0.1) is 0 Å². The normalized spacial score (nSPS) is 11.8. The number of benzene rings is 2. The molecule has 0 heterocycles. The van der Waals surface area contributed by atoms with Crippen LogP contribution in [-0.4, -0.2) is 36.1 Å². The molecule has 4 heteroatoms. The van der Waals surface area contributed by atoms with Crippen LogP contribution in [-0.2, 0) is 6.54 Å². The fourth-order valence-electron chi connectivity index (χ4n) is 2.15. The predicted molar refractivity (Wildman–Crippen MR) is 79.9 cm³/mol. The van der Waals surface area contributed by atoms with Crippen LogP contribution in [0.25, 0.3) is 10.8 Å². The van der Waals surface area contributed by atoms with Crippen molar-refractivity contribution in [2.75, 3.05) is 20.3 Å². The third kappa shape index (κ3) is 2.93. The van der Waals surface area contributed by atoms with E-state index in [4.69, 9.17) is 4.74 Å². The van der Waals surface area contributed by atoms with Crippen molar-refractivity contribution in [2.24, 2.45) is 0 Å². The van der Waals surface area contributed by atoms with E-state index in [1.165, 1.54) is 0 Å². The standard InChI is InChI=1S/C16H21NO3/c1-16(10-18,11-19)17-9-14-13-6-4-3-5-12(13)7-8-15(14)20-2/h3-8,17-19H,9-11H2,1-2H3. The van der Waals surface area contributed by atoms with E-state index in [1.54, 1.807) is 14.0 Å². The topological polar surface area (TPSA) is 61.7 Å². The molecule has 0 aromatic heterocycles. The average Bonchev–Trinajstić information content (AvgIpc) is 2.52. The Morgan fingerprint density at radius 2 is 1.80 bits per heavy atom. The first-order valence-corrected chi connectivity index (χ1v) is 6.65. The zero-order chi connectivity index (χ0) is 14.6. The number of fused-ring (bicyclic) bond motifs is 1. The maximum absolute atomic E-state index is 9.35. The maximum atomic E-state index is 9.35. The number of ether oxygens (including phenoxy) is 1. The van der Waals surface area contributed by atoms with Crippen molar-refractivity contribution in [1.82, 2.24) is 5.32 Å². The highest BCUT2D eigenvalue weighted by atomic mass is 16.5. The SMILES string of the molecule is COc1ccc2ccccc2c1CNC(C)(CO)CO. The Kier molecular flexibility index (Phi) is 4.60. The molecule has 0 amide bonds. The van der Waals surface area contributed by atoms with Gasteiger partial charge in [0.25, 0.3) is 0 Å². The van der Waals surface area contributed by atoms with E-state index >= 15 is 0 Å². The Bertz CT molecular complexity index is 579. The summed E-state index contributed by atoms with van der Waals surface area (Å²) in [6.45, 7) is 2.04. The highest BCUT2D eigenvalue weighted by Crippen LogP contribution is 2.28. The summed E-state index contributed by atoms with van der Waals surface area (Å²) in [5, 5.41) is 24.1. The zero-order valence-electron chi connectivity index (χ0n) is 11.9. The van der Waals surface area contributed by atoms with Gasteiger partial charge >= 0.3 is 0 Å². The molecule has 2 rings (SSSR count). The molecule has 3 N–H and O–H groups in total. The molecule has 0 atom stereocenters. The summed E-state index contributed by atoms with van der Waals surface area (Å²) in [4.78, 5) is 0. The summed E-state index contributed by atoms with van der Waals surface area (Å²) >= 11 is 0. The van der Waals surface area contributed by atoms with Gasteiger partial charge in [-0.2, -0.15) is 0 Å². The molecule has 0 saturated heterocycles. The van der Waals surface area contributed by atoms with Crippen molar-refractivity contribution in [3.05, 3.63) is 42.0 Å². The minimum atomic E-state index is -0.706. The fourth-order valence-corrected chi connectivity index (χ4v) is 2.15. The lowest BCUT2D eigenvalue weighted by molar-refractivity contribution is 0.103. The van der Waals surface area contributed by atoms with Gasteiger partial charge in [-0.15, -0.1) is 0 Å². The lowest BCUT2D eigenvalue weighted by atomic mass is 10.0. The molecule has 0 aliphatic rings. The molecule has 0 fully saturated rings. The number of aliphatic hydroxyl groups is 2. The third-order valence-corrected chi connectivity index (χ3v) is 3.61. The van der Waals surface area contributed by atoms with Gasteiger partial charge in [0.2, 0.25) is 0 Å². The predicted octanol–water partition coefficient (Wildman–Crippen LogP) is 1.68. The molecule has 0 radical (unpaired) electrons. The van der Waals surface area contributed by atoms with E-state index in [0.717, 1.165) is 22.1 Å². The Morgan fingerprint density at radius 1 is 1.10 bits per heavy atom. The van der Waals surface area contributed by atoms with Gasteiger partial charge in [0.15, 0.2) is 0 Å². The molecule has 0 aliphatic carbocycles. The van der Waals surface area contributed by atoms with Crippen LogP contribution in [0.5, 0.6) is 5.75 Å². The molecular formula is C16H21NO3. The lowest BCUT2D eigenvalue weighted by Gasteiger charge is -2.27. The highest BCUT2D eigenvalue weighted by molar-refractivity contribution is 5.87. The molecule has 2 aromatic carbocycles. The van der Waals surface area contributed by atoms with Gasteiger partial charge in [-0.25, -0.2) is 0 Å². The summed E-state index contributed by atoms with van der Waals surface area (Å²) < 4.78 is 5.42. The molecule has 20 heavy (non-hydrogen) atoms. The van der Waals surface area contributed by atoms with Gasteiger partial charge in [-0.3, -0.25) is 0 Å². The smallest absolute Gasteiger partial charge is 0.123 e. The van der Waals surface area contributed by atoms with Crippen LogP contribution in [0.1, 0.15) is 12.5 Å². The average molecular weight is 275 g/mol. The van der Waals surface area contributed by atoms with Crippen molar-refractivity contribution in [3.63, 3.8) is 0 Å². The molecule has 0 aliphatic heterocycles. The quantitative estimate of drug-likeness (QED) is 0.750. The number of rotatable bonds is 6. The van der Waals surface area contributed by atoms with E-state index in [1.807, 2.05) is 30.3 Å². The summed E-state index contributed by atoms with van der Waals surface area (Å²) in [6, 6.07) is 12.0. The summed E-state index contributed by atoms with van der Waals surface area (Å²) in [5.74, 6) is 0.800. The molecule has 108 valence electrons. The van der Waals surface area contributed by atoms with E-state index in [0.29, 0.717) is 6.54 Å². The van der Waals surface area contributed by atoms with E-state index < -0.39 is 5.54 Å². The van der Waals surface area contributed by atoms with Crippen LogP contribution in [0.4, 0.5) is 0 Å². The Balaban J connectivity index is 2.36. The van der Waals surface area contributed by atoms with Crippen molar-refractivity contribution in [2.45, 2.75) is 19.0 Å². The number of nitrogens with one attached hydrogen (secondary N) is 1. The van der Waals surface area contributed by atoms with Crippen LogP contribution in [0.15, 0.2) is 36.4 Å². The molecule has 0 unspecified atom stereocenters. The van der Waals surface area contributed by atoms with Crippen LogP contribution < -0.4 is 10.1 Å². The van der Waals surface area contributed by atoms with Crippen LogP contribution >= 0.6 is 0 Å². The van der Waals surface area contributed by atoms with Gasteiger partial charge < -0.3 is 20.3 Å². The lowest BCUT2D eigenvalue weighted by Crippen LogP contribution is -2.48. The van der Waals surface area contributed by atoms with Gasteiger partial charge in [-0.05, 0) is 23.8 Å². The first kappa shape index (κ1) is 14.8. The van der Waals surface area contributed by atoms with Gasteiger partial charge in [-0.1, -0.05) is 30.3 Å². The van der Waals surface area contributed by atoms with Crippen LogP contribution in [0.3, 0.4) is 0 Å². The molecule has 4 nitrogen and oxygen atoms in total. The number of hydrogen-bond acceptors (Lipinski definition) is 4. The number of methoxy groups -OCH3 is 1. The van der Waals surface area contributed by atoms with Gasteiger partial charge in [0.1, 0.15) is 5.75 Å². The van der Waals surface area contributed by atoms with E-state index in [2.05, 4.69) is 11.4 Å². The molecule has 0 saturated carbocycles. The van der Waals surface area contributed by atoms with Gasteiger partial charge in [0.05, 0.1) is 25.9 Å².